The van der Waals surface area contributed by atoms with E-state index in [0.29, 0.717) is 5.75 Å². The van der Waals surface area contributed by atoms with Gasteiger partial charge in [0.2, 0.25) is 10.0 Å². The van der Waals surface area contributed by atoms with Crippen molar-refractivity contribution in [3.05, 3.63) is 30.5 Å². The van der Waals surface area contributed by atoms with Gasteiger partial charge in [-0.2, -0.15) is 0 Å². The number of fused-ring (bicyclic) bond motifs is 1. The maximum Gasteiger partial charge on any atom is 0.209 e. The molecule has 5 nitrogen and oxygen atoms in total. The summed E-state index contributed by atoms with van der Waals surface area (Å²) in [4.78, 5) is 4.27. The number of nitrogens with two attached hydrogens (primary N) is 1. The molecule has 7 heteroatoms. The Morgan fingerprint density at radius 2 is 2.11 bits per heavy atom. The lowest BCUT2D eigenvalue weighted by Crippen LogP contribution is -2.17. The molecule has 0 amide bonds. The first-order chi connectivity index (χ1) is 9.01. The third-order valence-electron chi connectivity index (χ3n) is 2.56. The zero-order valence-electron chi connectivity index (χ0n) is 10.4. The molecule has 1 heterocycles. The molecule has 0 fully saturated rings. The summed E-state index contributed by atoms with van der Waals surface area (Å²) in [6.07, 6.45) is 1.68. The van der Waals surface area contributed by atoms with Crippen LogP contribution in [-0.4, -0.2) is 32.0 Å². The van der Waals surface area contributed by atoms with Gasteiger partial charge >= 0.3 is 0 Å². The van der Waals surface area contributed by atoms with Crippen LogP contribution in [0.2, 0.25) is 0 Å². The lowest BCUT2D eigenvalue weighted by molar-refractivity contribution is 0.419. The van der Waals surface area contributed by atoms with E-state index in [0.717, 1.165) is 21.5 Å². The van der Waals surface area contributed by atoms with Gasteiger partial charge in [0.15, 0.2) is 0 Å². The van der Waals surface area contributed by atoms with Crippen LogP contribution in [0.3, 0.4) is 0 Å². The summed E-state index contributed by atoms with van der Waals surface area (Å²) >= 11 is 1.37. The van der Waals surface area contributed by atoms with Crippen molar-refractivity contribution in [2.75, 3.05) is 18.6 Å². The smallest absolute Gasteiger partial charge is 0.209 e. The Kier molecular flexibility index (Phi) is 4.28. The molecule has 1 aromatic heterocycles. The van der Waals surface area contributed by atoms with Crippen molar-refractivity contribution in [3.8, 4) is 5.75 Å². The van der Waals surface area contributed by atoms with Crippen molar-refractivity contribution in [2.45, 2.75) is 5.03 Å². The fourth-order valence-electron chi connectivity index (χ4n) is 1.70. The molecule has 19 heavy (non-hydrogen) atoms. The molecule has 0 aliphatic heterocycles. The van der Waals surface area contributed by atoms with Crippen LogP contribution in [0.1, 0.15) is 0 Å². The molecule has 2 aromatic rings. The van der Waals surface area contributed by atoms with Gasteiger partial charge in [-0.1, -0.05) is 12.1 Å². The number of pyridine rings is 1. The highest BCUT2D eigenvalue weighted by atomic mass is 32.2. The number of sulfonamides is 1. The van der Waals surface area contributed by atoms with Crippen LogP contribution in [0.4, 0.5) is 0 Å². The first kappa shape index (κ1) is 14.1. The molecule has 102 valence electrons. The van der Waals surface area contributed by atoms with Crippen LogP contribution < -0.4 is 9.88 Å². The maximum atomic E-state index is 10.9. The number of hydrogen-bond acceptors (Lipinski definition) is 5. The largest absolute Gasteiger partial charge is 0.496 e. The van der Waals surface area contributed by atoms with Gasteiger partial charge < -0.3 is 4.74 Å². The Morgan fingerprint density at radius 3 is 2.79 bits per heavy atom. The topological polar surface area (TPSA) is 82.3 Å². The van der Waals surface area contributed by atoms with E-state index in [9.17, 15) is 8.42 Å². The fraction of sp³-hybridized carbons (Fsp3) is 0.250. The number of benzene rings is 1. The standard InChI is InChI=1S/C12H14N2O3S2/c1-17-11-4-2-3-10-9(11)5-6-14-12(10)18-7-8-19(13,15)16/h2-6H,7-8H2,1H3,(H2,13,15,16). The normalized spacial score (nSPS) is 11.7. The molecule has 0 saturated carbocycles. The molecule has 0 aliphatic carbocycles. The first-order valence-corrected chi connectivity index (χ1v) is 8.26. The van der Waals surface area contributed by atoms with Gasteiger partial charge in [-0.15, -0.1) is 11.8 Å². The Hall–Kier alpha value is -1.31. The maximum absolute atomic E-state index is 10.9. The van der Waals surface area contributed by atoms with Crippen molar-refractivity contribution < 1.29 is 13.2 Å². The molecule has 0 spiro atoms. The molecule has 2 N–H and O–H groups in total. The number of hydrogen-bond donors (Lipinski definition) is 1. The molecule has 0 radical (unpaired) electrons. The van der Waals surface area contributed by atoms with E-state index >= 15 is 0 Å². The zero-order chi connectivity index (χ0) is 13.9. The Labute approximate surface area is 116 Å². The predicted octanol–water partition coefficient (Wildman–Crippen LogP) is 1.62. The summed E-state index contributed by atoms with van der Waals surface area (Å²) < 4.78 is 27.1. The molecule has 0 aliphatic rings. The minimum Gasteiger partial charge on any atom is -0.496 e. The van der Waals surface area contributed by atoms with Crippen LogP contribution >= 0.6 is 11.8 Å². The fourth-order valence-corrected chi connectivity index (χ4v) is 3.62. The number of thioether (sulfide) groups is 1. The molecule has 0 unspecified atom stereocenters. The minimum atomic E-state index is -3.43. The van der Waals surface area contributed by atoms with E-state index in [1.54, 1.807) is 13.3 Å². The third-order valence-corrected chi connectivity index (χ3v) is 4.59. The Bertz CT molecular complexity index is 686. The second-order valence-electron chi connectivity index (χ2n) is 3.89. The van der Waals surface area contributed by atoms with Gasteiger partial charge in [0, 0.05) is 22.7 Å². The van der Waals surface area contributed by atoms with Crippen molar-refractivity contribution in [3.63, 3.8) is 0 Å². The molecule has 0 bridgehead atoms. The number of nitrogens with zero attached hydrogens (tertiary/aromatic N) is 1. The van der Waals surface area contributed by atoms with Gasteiger partial charge in [-0.25, -0.2) is 18.5 Å². The van der Waals surface area contributed by atoms with Gasteiger partial charge in [-0.05, 0) is 12.1 Å². The highest BCUT2D eigenvalue weighted by Gasteiger charge is 2.08. The quantitative estimate of drug-likeness (QED) is 0.848. The van der Waals surface area contributed by atoms with Gasteiger partial charge in [-0.3, -0.25) is 0 Å². The SMILES string of the molecule is COc1cccc2c(SCCS(N)(=O)=O)nccc12. The lowest BCUT2D eigenvalue weighted by atomic mass is 10.1. The second kappa shape index (κ2) is 5.77. The molecule has 1 aromatic carbocycles. The number of primary sulfonamides is 1. The van der Waals surface area contributed by atoms with Crippen molar-refractivity contribution in [1.82, 2.24) is 4.98 Å². The van der Waals surface area contributed by atoms with Gasteiger partial charge in [0.05, 0.1) is 12.9 Å². The van der Waals surface area contributed by atoms with Crippen LogP contribution in [0.15, 0.2) is 35.5 Å². The van der Waals surface area contributed by atoms with Gasteiger partial charge in [0.25, 0.3) is 0 Å². The molecular formula is C12H14N2O3S2. The van der Waals surface area contributed by atoms with Crippen molar-refractivity contribution in [1.29, 1.82) is 0 Å². The second-order valence-corrected chi connectivity index (χ2v) is 6.70. The summed E-state index contributed by atoms with van der Waals surface area (Å²) in [5, 5.41) is 7.66. The highest BCUT2D eigenvalue weighted by molar-refractivity contribution is 8.00. The van der Waals surface area contributed by atoms with E-state index in [1.807, 2.05) is 24.3 Å². The van der Waals surface area contributed by atoms with E-state index in [4.69, 9.17) is 9.88 Å². The van der Waals surface area contributed by atoms with E-state index in [-0.39, 0.29) is 5.75 Å². The predicted molar refractivity (Wildman–Crippen MR) is 77.0 cm³/mol. The number of methoxy groups -OCH3 is 1. The zero-order valence-corrected chi connectivity index (χ0v) is 12.0. The van der Waals surface area contributed by atoms with Crippen LogP contribution in [-0.2, 0) is 10.0 Å². The average Bonchev–Trinajstić information content (AvgIpc) is 2.37. The lowest BCUT2D eigenvalue weighted by Gasteiger charge is -2.08. The first-order valence-electron chi connectivity index (χ1n) is 5.56. The molecular weight excluding hydrogens is 284 g/mol. The summed E-state index contributed by atoms with van der Waals surface area (Å²) in [7, 11) is -1.82. The summed E-state index contributed by atoms with van der Waals surface area (Å²) in [5.41, 5.74) is 0. The van der Waals surface area contributed by atoms with Gasteiger partial charge in [0.1, 0.15) is 10.8 Å². The molecule has 0 atom stereocenters. The summed E-state index contributed by atoms with van der Waals surface area (Å²) in [6.45, 7) is 0. The average molecular weight is 298 g/mol. The van der Waals surface area contributed by atoms with Crippen LogP contribution in [0.5, 0.6) is 5.75 Å². The highest BCUT2D eigenvalue weighted by Crippen LogP contribution is 2.31. The number of ether oxygens (including phenoxy) is 1. The van der Waals surface area contributed by atoms with E-state index < -0.39 is 10.0 Å². The molecule has 2 rings (SSSR count). The molecule has 0 saturated heterocycles. The van der Waals surface area contributed by atoms with E-state index in [1.165, 1.54) is 11.8 Å². The van der Waals surface area contributed by atoms with Crippen LogP contribution in [0, 0.1) is 0 Å². The van der Waals surface area contributed by atoms with Crippen LogP contribution in [0.25, 0.3) is 10.8 Å². The monoisotopic (exact) mass is 298 g/mol. The summed E-state index contributed by atoms with van der Waals surface area (Å²) in [5.74, 6) is 1.08. The number of aromatic nitrogens is 1. The Balaban J connectivity index is 2.29. The Morgan fingerprint density at radius 1 is 1.32 bits per heavy atom. The van der Waals surface area contributed by atoms with E-state index in [2.05, 4.69) is 4.98 Å². The number of rotatable bonds is 5. The van der Waals surface area contributed by atoms with Crippen molar-refractivity contribution >= 4 is 32.6 Å². The summed E-state index contributed by atoms with van der Waals surface area (Å²) in [6, 6.07) is 7.57. The van der Waals surface area contributed by atoms with Crippen molar-refractivity contribution in [2.24, 2.45) is 5.14 Å². The minimum absolute atomic E-state index is 0.0697. The third kappa shape index (κ3) is 3.59.